The number of aromatic hydroxyl groups is 1. The molecule has 0 unspecified atom stereocenters. The van der Waals surface area contributed by atoms with Crippen LogP contribution in [0.2, 0.25) is 0 Å². The minimum Gasteiger partial charge on any atom is -0.508 e. The quantitative estimate of drug-likeness (QED) is 0.564. The SMILES string of the molecule is COc1ccc(/C(C)=N\NC(=O)c2cccc(O)c2)c2ccccc12. The summed E-state index contributed by atoms with van der Waals surface area (Å²) in [4.78, 5) is 12.1. The highest BCUT2D eigenvalue weighted by Crippen LogP contribution is 2.28. The largest absolute Gasteiger partial charge is 0.508 e. The van der Waals surface area contributed by atoms with Gasteiger partial charge in [-0.05, 0) is 42.6 Å². The molecular weight excluding hydrogens is 316 g/mol. The first-order valence-electron chi connectivity index (χ1n) is 7.80. The van der Waals surface area contributed by atoms with Crippen molar-refractivity contribution in [3.63, 3.8) is 0 Å². The average molecular weight is 334 g/mol. The number of hydrogen-bond acceptors (Lipinski definition) is 4. The number of phenols is 1. The van der Waals surface area contributed by atoms with E-state index in [9.17, 15) is 9.90 Å². The van der Waals surface area contributed by atoms with Crippen LogP contribution in [0.3, 0.4) is 0 Å². The molecular formula is C20H18N2O3. The Labute approximate surface area is 145 Å². The number of amides is 1. The van der Waals surface area contributed by atoms with Crippen LogP contribution in [0.4, 0.5) is 0 Å². The van der Waals surface area contributed by atoms with Crippen molar-refractivity contribution in [1.82, 2.24) is 5.43 Å². The number of carbonyl (C=O) groups is 1. The van der Waals surface area contributed by atoms with Crippen molar-refractivity contribution in [2.75, 3.05) is 7.11 Å². The van der Waals surface area contributed by atoms with Gasteiger partial charge in [0.15, 0.2) is 0 Å². The third kappa shape index (κ3) is 3.45. The summed E-state index contributed by atoms with van der Waals surface area (Å²) in [6, 6.07) is 17.8. The van der Waals surface area contributed by atoms with E-state index in [1.54, 1.807) is 19.2 Å². The van der Waals surface area contributed by atoms with Crippen LogP contribution in [0.15, 0.2) is 65.8 Å². The lowest BCUT2D eigenvalue weighted by Gasteiger charge is -2.10. The second kappa shape index (κ2) is 7.05. The second-order valence-electron chi connectivity index (χ2n) is 5.55. The van der Waals surface area contributed by atoms with Gasteiger partial charge in [0.2, 0.25) is 0 Å². The van der Waals surface area contributed by atoms with Crippen molar-refractivity contribution in [3.05, 3.63) is 71.8 Å². The van der Waals surface area contributed by atoms with Gasteiger partial charge in [-0.2, -0.15) is 5.10 Å². The molecule has 25 heavy (non-hydrogen) atoms. The molecule has 3 rings (SSSR count). The van der Waals surface area contributed by atoms with Gasteiger partial charge in [0.25, 0.3) is 5.91 Å². The average Bonchev–Trinajstić information content (AvgIpc) is 2.64. The Morgan fingerprint density at radius 3 is 2.52 bits per heavy atom. The van der Waals surface area contributed by atoms with Gasteiger partial charge in [0.1, 0.15) is 11.5 Å². The fourth-order valence-corrected chi connectivity index (χ4v) is 2.67. The maximum atomic E-state index is 12.1. The first-order chi connectivity index (χ1) is 12.1. The number of fused-ring (bicyclic) bond motifs is 1. The van der Waals surface area contributed by atoms with Crippen LogP contribution >= 0.6 is 0 Å². The van der Waals surface area contributed by atoms with Gasteiger partial charge in [0.05, 0.1) is 12.8 Å². The van der Waals surface area contributed by atoms with Gasteiger partial charge >= 0.3 is 0 Å². The van der Waals surface area contributed by atoms with E-state index in [1.165, 1.54) is 12.1 Å². The van der Waals surface area contributed by atoms with E-state index in [0.29, 0.717) is 11.3 Å². The molecule has 0 aromatic heterocycles. The summed E-state index contributed by atoms with van der Waals surface area (Å²) in [6.45, 7) is 1.83. The van der Waals surface area contributed by atoms with Crippen LogP contribution in [-0.4, -0.2) is 23.8 Å². The van der Waals surface area contributed by atoms with E-state index in [4.69, 9.17) is 4.74 Å². The van der Waals surface area contributed by atoms with Gasteiger partial charge in [-0.25, -0.2) is 5.43 Å². The smallest absolute Gasteiger partial charge is 0.271 e. The lowest BCUT2D eigenvalue weighted by Crippen LogP contribution is -2.19. The number of phenolic OH excluding ortho intramolecular Hbond substituents is 1. The Kier molecular flexibility index (Phi) is 4.66. The van der Waals surface area contributed by atoms with Gasteiger partial charge in [0, 0.05) is 16.5 Å². The van der Waals surface area contributed by atoms with Crippen molar-refractivity contribution >= 4 is 22.4 Å². The Balaban J connectivity index is 1.90. The predicted molar refractivity (Wildman–Crippen MR) is 98.3 cm³/mol. The molecule has 1 amide bonds. The Morgan fingerprint density at radius 2 is 1.80 bits per heavy atom. The minimum absolute atomic E-state index is 0.0366. The van der Waals surface area contributed by atoms with Crippen molar-refractivity contribution in [1.29, 1.82) is 0 Å². The number of hydrazone groups is 1. The maximum Gasteiger partial charge on any atom is 0.271 e. The van der Waals surface area contributed by atoms with Crippen molar-refractivity contribution in [3.8, 4) is 11.5 Å². The molecule has 2 N–H and O–H groups in total. The highest BCUT2D eigenvalue weighted by molar-refractivity contribution is 6.11. The standard InChI is InChI=1S/C20H18N2O3/c1-13(21-22-20(24)14-6-5-7-15(23)12-14)16-10-11-19(25-2)18-9-4-3-8-17(16)18/h3-12,23H,1-2H3,(H,22,24)/b21-13-. The number of methoxy groups -OCH3 is 1. The molecule has 3 aromatic carbocycles. The third-order valence-electron chi connectivity index (χ3n) is 3.93. The zero-order chi connectivity index (χ0) is 17.8. The van der Waals surface area contributed by atoms with Gasteiger partial charge in [-0.1, -0.05) is 30.3 Å². The van der Waals surface area contributed by atoms with Crippen LogP contribution in [0.25, 0.3) is 10.8 Å². The molecule has 0 radical (unpaired) electrons. The number of carbonyl (C=O) groups excluding carboxylic acids is 1. The molecule has 0 aliphatic heterocycles. The molecule has 0 heterocycles. The lowest BCUT2D eigenvalue weighted by molar-refractivity contribution is 0.0954. The summed E-state index contributed by atoms with van der Waals surface area (Å²) in [5.41, 5.74) is 4.45. The van der Waals surface area contributed by atoms with Gasteiger partial charge < -0.3 is 9.84 Å². The number of benzene rings is 3. The summed E-state index contributed by atoms with van der Waals surface area (Å²) < 4.78 is 5.40. The monoisotopic (exact) mass is 334 g/mol. The first-order valence-corrected chi connectivity index (χ1v) is 7.80. The Bertz CT molecular complexity index is 964. The summed E-state index contributed by atoms with van der Waals surface area (Å²) in [6.07, 6.45) is 0. The summed E-state index contributed by atoms with van der Waals surface area (Å²) >= 11 is 0. The lowest BCUT2D eigenvalue weighted by atomic mass is 10.0. The Morgan fingerprint density at radius 1 is 1.04 bits per heavy atom. The van der Waals surface area contributed by atoms with E-state index in [0.717, 1.165) is 22.1 Å². The van der Waals surface area contributed by atoms with Crippen molar-refractivity contribution in [2.24, 2.45) is 5.10 Å². The van der Waals surface area contributed by atoms with E-state index in [-0.39, 0.29) is 11.7 Å². The highest BCUT2D eigenvalue weighted by atomic mass is 16.5. The highest BCUT2D eigenvalue weighted by Gasteiger charge is 2.09. The molecule has 3 aromatic rings. The van der Waals surface area contributed by atoms with Gasteiger partial charge in [-0.15, -0.1) is 0 Å². The number of nitrogens with zero attached hydrogens (tertiary/aromatic N) is 1. The fraction of sp³-hybridized carbons (Fsp3) is 0.100. The topological polar surface area (TPSA) is 70.9 Å². The van der Waals surface area contributed by atoms with Crippen molar-refractivity contribution < 1.29 is 14.6 Å². The predicted octanol–water partition coefficient (Wildman–Crippen LogP) is 3.71. The van der Waals surface area contributed by atoms with E-state index in [1.807, 2.05) is 43.3 Å². The normalized spacial score (nSPS) is 11.4. The maximum absolute atomic E-state index is 12.1. The van der Waals surface area contributed by atoms with Crippen molar-refractivity contribution in [2.45, 2.75) is 6.92 Å². The molecule has 0 bridgehead atoms. The molecule has 0 fully saturated rings. The van der Waals surface area contributed by atoms with E-state index < -0.39 is 0 Å². The number of nitrogens with one attached hydrogen (secondary N) is 1. The summed E-state index contributed by atoms with van der Waals surface area (Å²) in [5.74, 6) is 0.443. The molecule has 0 aliphatic carbocycles. The fourth-order valence-electron chi connectivity index (χ4n) is 2.67. The Hall–Kier alpha value is -3.34. The summed E-state index contributed by atoms with van der Waals surface area (Å²) in [5, 5.41) is 15.6. The summed E-state index contributed by atoms with van der Waals surface area (Å²) in [7, 11) is 1.64. The minimum atomic E-state index is -0.381. The number of rotatable bonds is 4. The number of hydrogen-bond donors (Lipinski definition) is 2. The molecule has 0 atom stereocenters. The second-order valence-corrected chi connectivity index (χ2v) is 5.55. The number of ether oxygens (including phenoxy) is 1. The van der Waals surface area contributed by atoms with E-state index in [2.05, 4.69) is 10.5 Å². The van der Waals surface area contributed by atoms with Crippen LogP contribution in [0.1, 0.15) is 22.8 Å². The zero-order valence-electron chi connectivity index (χ0n) is 14.0. The molecule has 5 heteroatoms. The van der Waals surface area contributed by atoms with Crippen LogP contribution < -0.4 is 10.2 Å². The molecule has 0 saturated carbocycles. The molecule has 5 nitrogen and oxygen atoms in total. The van der Waals surface area contributed by atoms with Crippen LogP contribution in [0.5, 0.6) is 11.5 Å². The first kappa shape index (κ1) is 16.5. The molecule has 126 valence electrons. The van der Waals surface area contributed by atoms with Crippen LogP contribution in [-0.2, 0) is 0 Å². The zero-order valence-corrected chi connectivity index (χ0v) is 14.0. The molecule has 0 aliphatic rings. The van der Waals surface area contributed by atoms with Gasteiger partial charge in [-0.3, -0.25) is 4.79 Å². The molecule has 0 saturated heterocycles. The van der Waals surface area contributed by atoms with E-state index >= 15 is 0 Å². The molecule has 0 spiro atoms. The third-order valence-corrected chi connectivity index (χ3v) is 3.93. The van der Waals surface area contributed by atoms with Crippen LogP contribution in [0, 0.1) is 0 Å².